The molecule has 2 aromatic heterocycles. The molecule has 0 bridgehead atoms. The second-order valence-corrected chi connectivity index (χ2v) is 12.7. The third-order valence-corrected chi connectivity index (χ3v) is 9.73. The first-order chi connectivity index (χ1) is 24.8. The van der Waals surface area contributed by atoms with Crippen LogP contribution in [0.5, 0.6) is 5.75 Å². The maximum Gasteiger partial charge on any atom is 0.164 e. The van der Waals surface area contributed by atoms with E-state index in [1.165, 1.54) is 16.7 Å². The molecule has 8 aromatic rings. The van der Waals surface area contributed by atoms with Crippen molar-refractivity contribution >= 4 is 27.5 Å². The molecule has 0 fully saturated rings. The Hall–Kier alpha value is -6.59. The van der Waals surface area contributed by atoms with Crippen LogP contribution in [0.25, 0.3) is 72.5 Å². The van der Waals surface area contributed by atoms with E-state index >= 15 is 0 Å². The first-order valence-electron chi connectivity index (χ1n) is 16.8. The number of nitrogens with zero attached hydrogens (tertiary/aromatic N) is 3. The first kappa shape index (κ1) is 28.4. The van der Waals surface area contributed by atoms with Gasteiger partial charge in [-0.25, -0.2) is 15.0 Å². The van der Waals surface area contributed by atoms with Gasteiger partial charge in [0.25, 0.3) is 0 Å². The quantitative estimate of drug-likeness (QED) is 0.187. The molecule has 6 aromatic carbocycles. The number of hydrogen-bond acceptors (Lipinski definition) is 5. The SMILES string of the molecule is C1=CC2c3ccccc3OC2C(c2nc(-c3ccccc3)nc(-c3cc(-c4ccc(-c5ccccc5)cc4)cc4oc5ccccc5c34)n2)=C1. The molecule has 1 aliphatic carbocycles. The Kier molecular flexibility index (Phi) is 6.56. The average molecular weight is 644 g/mol. The van der Waals surface area contributed by atoms with Crippen LogP contribution in [0.2, 0.25) is 0 Å². The lowest BCUT2D eigenvalue weighted by atomic mass is 9.87. The predicted octanol–water partition coefficient (Wildman–Crippen LogP) is 10.9. The minimum Gasteiger partial charge on any atom is -0.484 e. The zero-order valence-electron chi connectivity index (χ0n) is 26.9. The van der Waals surface area contributed by atoms with Gasteiger partial charge in [0.15, 0.2) is 17.5 Å². The normalized spacial score (nSPS) is 16.2. The van der Waals surface area contributed by atoms with Gasteiger partial charge in [0, 0.05) is 39.0 Å². The number of furan rings is 1. The summed E-state index contributed by atoms with van der Waals surface area (Å²) in [5.74, 6) is 2.76. The molecule has 2 atom stereocenters. The Morgan fingerprint density at radius 1 is 0.500 bits per heavy atom. The van der Waals surface area contributed by atoms with Gasteiger partial charge >= 0.3 is 0 Å². The van der Waals surface area contributed by atoms with Crippen LogP contribution >= 0.6 is 0 Å². The van der Waals surface area contributed by atoms with Crippen LogP contribution in [-0.2, 0) is 0 Å². The minimum absolute atomic E-state index is 0.0818. The number of aromatic nitrogens is 3. The van der Waals surface area contributed by atoms with Crippen LogP contribution in [0.3, 0.4) is 0 Å². The number of fused-ring (bicyclic) bond motifs is 6. The van der Waals surface area contributed by atoms with Gasteiger partial charge in [-0.15, -0.1) is 0 Å². The molecule has 1 aliphatic heterocycles. The van der Waals surface area contributed by atoms with Crippen molar-refractivity contribution in [2.45, 2.75) is 12.0 Å². The monoisotopic (exact) mass is 643 g/mol. The maximum absolute atomic E-state index is 6.57. The Balaban J connectivity index is 1.17. The molecule has 2 unspecified atom stereocenters. The number of benzene rings is 6. The molecule has 10 rings (SSSR count). The second-order valence-electron chi connectivity index (χ2n) is 12.7. The number of allylic oxidation sites excluding steroid dienone is 2. The molecule has 0 radical (unpaired) electrons. The largest absolute Gasteiger partial charge is 0.484 e. The third kappa shape index (κ3) is 4.74. The van der Waals surface area contributed by atoms with Crippen molar-refractivity contribution < 1.29 is 9.15 Å². The van der Waals surface area contributed by atoms with E-state index < -0.39 is 0 Å². The van der Waals surface area contributed by atoms with Gasteiger partial charge in [-0.1, -0.05) is 140 Å². The molecule has 50 heavy (non-hydrogen) atoms. The Morgan fingerprint density at radius 3 is 1.96 bits per heavy atom. The number of ether oxygens (including phenoxy) is 1. The summed E-state index contributed by atoms with van der Waals surface area (Å²) >= 11 is 0. The van der Waals surface area contributed by atoms with Crippen molar-refractivity contribution in [3.05, 3.63) is 175 Å². The summed E-state index contributed by atoms with van der Waals surface area (Å²) in [6.45, 7) is 0. The van der Waals surface area contributed by atoms with Gasteiger partial charge in [-0.05, 0) is 46.5 Å². The average Bonchev–Trinajstić information content (AvgIpc) is 3.77. The Labute approximate surface area is 288 Å². The molecule has 236 valence electrons. The second kappa shape index (κ2) is 11.5. The summed E-state index contributed by atoms with van der Waals surface area (Å²) in [6, 6.07) is 49.9. The zero-order valence-corrected chi connectivity index (χ0v) is 26.9. The van der Waals surface area contributed by atoms with Gasteiger partial charge in [0.05, 0.1) is 0 Å². The summed E-state index contributed by atoms with van der Waals surface area (Å²) < 4.78 is 13.1. The number of hydrogen-bond donors (Lipinski definition) is 0. The number of para-hydroxylation sites is 2. The molecule has 5 nitrogen and oxygen atoms in total. The highest BCUT2D eigenvalue weighted by molar-refractivity contribution is 6.13. The van der Waals surface area contributed by atoms with E-state index in [1.807, 2.05) is 66.7 Å². The van der Waals surface area contributed by atoms with Crippen LogP contribution in [0.1, 0.15) is 17.3 Å². The topological polar surface area (TPSA) is 61.0 Å². The van der Waals surface area contributed by atoms with Gasteiger partial charge < -0.3 is 9.15 Å². The smallest absolute Gasteiger partial charge is 0.164 e. The van der Waals surface area contributed by atoms with Crippen LogP contribution in [0.15, 0.2) is 168 Å². The fourth-order valence-electron chi connectivity index (χ4n) is 7.30. The molecular weight excluding hydrogens is 615 g/mol. The highest BCUT2D eigenvalue weighted by atomic mass is 16.5. The summed E-state index contributed by atoms with van der Waals surface area (Å²) in [5, 5.41) is 1.99. The van der Waals surface area contributed by atoms with Crippen molar-refractivity contribution in [1.29, 1.82) is 0 Å². The van der Waals surface area contributed by atoms with E-state index in [0.29, 0.717) is 17.5 Å². The highest BCUT2D eigenvalue weighted by Gasteiger charge is 2.38. The fraction of sp³-hybridized carbons (Fsp3) is 0.0444. The summed E-state index contributed by atoms with van der Waals surface area (Å²) in [4.78, 5) is 15.5. The fourth-order valence-corrected chi connectivity index (χ4v) is 7.30. The first-order valence-corrected chi connectivity index (χ1v) is 16.8. The van der Waals surface area contributed by atoms with E-state index in [-0.39, 0.29) is 12.0 Å². The molecular formula is C45H29N3O2. The van der Waals surface area contributed by atoms with Crippen molar-refractivity contribution in [3.8, 4) is 50.8 Å². The van der Waals surface area contributed by atoms with Crippen LogP contribution < -0.4 is 4.74 Å². The molecule has 0 N–H and O–H groups in total. The Morgan fingerprint density at radius 2 is 1.14 bits per heavy atom. The summed E-state index contributed by atoms with van der Waals surface area (Å²) in [6.07, 6.45) is 6.14. The lowest BCUT2D eigenvalue weighted by Crippen LogP contribution is -2.23. The van der Waals surface area contributed by atoms with Crippen molar-refractivity contribution in [2.24, 2.45) is 0 Å². The molecule has 0 amide bonds. The summed E-state index contributed by atoms with van der Waals surface area (Å²) in [7, 11) is 0. The lowest BCUT2D eigenvalue weighted by molar-refractivity contribution is 0.277. The number of rotatable bonds is 5. The summed E-state index contributed by atoms with van der Waals surface area (Å²) in [5.41, 5.74) is 9.94. The standard InChI is InChI=1S/C45H29N3O2/c1-3-12-28(13-4-1)29-22-24-30(25-23-29)32-26-37(41-35-17-8-10-21-39(35)49-40(41)27-32)45-47-43(31-14-5-2-6-15-31)46-44(48-45)36-19-11-18-34-33-16-7-9-20-38(33)50-42(34)36/h1-27,34,42H. The van der Waals surface area contributed by atoms with Crippen molar-refractivity contribution in [2.75, 3.05) is 0 Å². The van der Waals surface area contributed by atoms with E-state index in [2.05, 4.69) is 97.1 Å². The van der Waals surface area contributed by atoms with Crippen molar-refractivity contribution in [1.82, 2.24) is 15.0 Å². The van der Waals surface area contributed by atoms with Gasteiger partial charge in [0.1, 0.15) is 23.0 Å². The molecule has 0 saturated heterocycles. The predicted molar refractivity (Wildman–Crippen MR) is 200 cm³/mol. The molecule has 3 heterocycles. The van der Waals surface area contributed by atoms with Crippen LogP contribution in [0, 0.1) is 0 Å². The molecule has 2 aliphatic rings. The van der Waals surface area contributed by atoms with E-state index in [1.54, 1.807) is 0 Å². The minimum atomic E-state index is -0.236. The van der Waals surface area contributed by atoms with E-state index in [9.17, 15) is 0 Å². The maximum atomic E-state index is 6.57. The van der Waals surface area contributed by atoms with Gasteiger partial charge in [0.2, 0.25) is 0 Å². The zero-order chi connectivity index (χ0) is 33.0. The Bertz CT molecular complexity index is 2620. The third-order valence-electron chi connectivity index (χ3n) is 9.73. The van der Waals surface area contributed by atoms with Gasteiger partial charge in [-0.3, -0.25) is 0 Å². The van der Waals surface area contributed by atoms with E-state index in [0.717, 1.165) is 55.5 Å². The van der Waals surface area contributed by atoms with Crippen LogP contribution in [0.4, 0.5) is 0 Å². The van der Waals surface area contributed by atoms with Crippen molar-refractivity contribution in [3.63, 3.8) is 0 Å². The van der Waals surface area contributed by atoms with Gasteiger partial charge in [-0.2, -0.15) is 0 Å². The lowest BCUT2D eigenvalue weighted by Gasteiger charge is -2.22. The molecule has 5 heteroatoms. The van der Waals surface area contributed by atoms with E-state index in [4.69, 9.17) is 24.1 Å². The highest BCUT2D eigenvalue weighted by Crippen LogP contribution is 2.46. The van der Waals surface area contributed by atoms with Crippen LogP contribution in [-0.4, -0.2) is 21.1 Å². The molecule has 0 saturated carbocycles. The molecule has 0 spiro atoms.